The molecule has 6 heteroatoms. The maximum absolute atomic E-state index is 12.1. The zero-order valence-electron chi connectivity index (χ0n) is 15.9. The average Bonchev–Trinajstić information content (AvgIpc) is 2.96. The van der Waals surface area contributed by atoms with Crippen LogP contribution < -0.4 is 10.6 Å². The Morgan fingerprint density at radius 3 is 2.65 bits per heavy atom. The van der Waals surface area contributed by atoms with Crippen molar-refractivity contribution < 1.29 is 14.4 Å². The van der Waals surface area contributed by atoms with Gasteiger partial charge in [0.25, 0.3) is 0 Å². The zero-order chi connectivity index (χ0) is 19.2. The molecule has 0 saturated carbocycles. The molecule has 1 aromatic carbocycles. The molecule has 1 fully saturated rings. The summed E-state index contributed by atoms with van der Waals surface area (Å²) in [5.41, 5.74) is 1.33. The van der Waals surface area contributed by atoms with Crippen molar-refractivity contribution in [2.75, 3.05) is 18.4 Å². The molecular formula is C20H29N3O3. The Bertz CT molecular complexity index is 665. The minimum absolute atomic E-state index is 0.0120. The van der Waals surface area contributed by atoms with Gasteiger partial charge in [-0.25, -0.2) is 0 Å². The van der Waals surface area contributed by atoms with Crippen LogP contribution in [-0.4, -0.2) is 35.7 Å². The van der Waals surface area contributed by atoms with Crippen LogP contribution in [0.4, 0.5) is 5.69 Å². The smallest absolute Gasteiger partial charge is 0.225 e. The van der Waals surface area contributed by atoms with Crippen LogP contribution in [0.5, 0.6) is 0 Å². The SMILES string of the molecule is CC(C)(C)C(=O)NCCCC(=O)Nc1cccc(CN2CCCC2=O)c1. The lowest BCUT2D eigenvalue weighted by Crippen LogP contribution is -2.35. The Balaban J connectivity index is 1.75. The number of amides is 3. The van der Waals surface area contributed by atoms with Crippen LogP contribution in [0, 0.1) is 5.41 Å². The van der Waals surface area contributed by atoms with E-state index in [1.165, 1.54) is 0 Å². The van der Waals surface area contributed by atoms with Crippen molar-refractivity contribution in [1.29, 1.82) is 0 Å². The van der Waals surface area contributed by atoms with E-state index in [1.807, 2.05) is 49.9 Å². The van der Waals surface area contributed by atoms with Crippen LogP contribution in [0.3, 0.4) is 0 Å². The van der Waals surface area contributed by atoms with Gasteiger partial charge in [-0.3, -0.25) is 14.4 Å². The topological polar surface area (TPSA) is 78.5 Å². The number of rotatable bonds is 7. The molecule has 2 rings (SSSR count). The summed E-state index contributed by atoms with van der Waals surface area (Å²) in [5.74, 6) is 0.100. The van der Waals surface area contributed by atoms with E-state index in [0.717, 1.165) is 24.2 Å². The first kappa shape index (κ1) is 19.9. The third-order valence-corrected chi connectivity index (χ3v) is 4.30. The maximum atomic E-state index is 12.1. The number of likely N-dealkylation sites (tertiary alicyclic amines) is 1. The van der Waals surface area contributed by atoms with E-state index in [9.17, 15) is 14.4 Å². The maximum Gasteiger partial charge on any atom is 0.225 e. The summed E-state index contributed by atoms with van der Waals surface area (Å²) < 4.78 is 0. The van der Waals surface area contributed by atoms with E-state index in [4.69, 9.17) is 0 Å². The fourth-order valence-electron chi connectivity index (χ4n) is 2.78. The van der Waals surface area contributed by atoms with Crippen LogP contribution in [0.15, 0.2) is 24.3 Å². The lowest BCUT2D eigenvalue weighted by Gasteiger charge is -2.17. The molecule has 1 aromatic rings. The lowest BCUT2D eigenvalue weighted by molar-refractivity contribution is -0.129. The van der Waals surface area contributed by atoms with Gasteiger partial charge < -0.3 is 15.5 Å². The number of nitrogens with one attached hydrogen (secondary N) is 2. The summed E-state index contributed by atoms with van der Waals surface area (Å²) in [6, 6.07) is 7.60. The molecule has 1 aliphatic heterocycles. The van der Waals surface area contributed by atoms with Crippen molar-refractivity contribution in [2.24, 2.45) is 5.41 Å². The third kappa shape index (κ3) is 6.17. The molecule has 6 nitrogen and oxygen atoms in total. The first-order chi connectivity index (χ1) is 12.3. The van der Waals surface area contributed by atoms with Crippen molar-refractivity contribution in [1.82, 2.24) is 10.2 Å². The first-order valence-corrected chi connectivity index (χ1v) is 9.20. The summed E-state index contributed by atoms with van der Waals surface area (Å²) >= 11 is 0. The van der Waals surface area contributed by atoms with Gasteiger partial charge in [0, 0.05) is 43.6 Å². The van der Waals surface area contributed by atoms with Crippen LogP contribution in [0.2, 0.25) is 0 Å². The Labute approximate surface area is 155 Å². The first-order valence-electron chi connectivity index (χ1n) is 9.20. The predicted molar refractivity (Wildman–Crippen MR) is 101 cm³/mol. The Kier molecular flexibility index (Phi) is 6.77. The molecule has 0 atom stereocenters. The Hall–Kier alpha value is -2.37. The van der Waals surface area contributed by atoms with Crippen LogP contribution >= 0.6 is 0 Å². The molecular weight excluding hydrogens is 330 g/mol. The van der Waals surface area contributed by atoms with Crippen LogP contribution in [0.25, 0.3) is 0 Å². The van der Waals surface area contributed by atoms with E-state index in [0.29, 0.717) is 32.4 Å². The molecule has 142 valence electrons. The highest BCUT2D eigenvalue weighted by molar-refractivity contribution is 5.90. The van der Waals surface area contributed by atoms with Gasteiger partial charge in [0.05, 0.1) is 0 Å². The molecule has 1 aliphatic rings. The minimum Gasteiger partial charge on any atom is -0.356 e. The number of carbonyl (C=O) groups is 3. The van der Waals surface area contributed by atoms with E-state index in [-0.39, 0.29) is 17.7 Å². The molecule has 1 heterocycles. The highest BCUT2D eigenvalue weighted by atomic mass is 16.2. The van der Waals surface area contributed by atoms with Crippen molar-refractivity contribution in [2.45, 2.75) is 53.0 Å². The van der Waals surface area contributed by atoms with Gasteiger partial charge >= 0.3 is 0 Å². The number of anilines is 1. The molecule has 3 amide bonds. The number of benzene rings is 1. The van der Waals surface area contributed by atoms with Crippen molar-refractivity contribution in [3.8, 4) is 0 Å². The summed E-state index contributed by atoms with van der Waals surface area (Å²) in [5, 5.41) is 5.72. The molecule has 0 aromatic heterocycles. The van der Waals surface area contributed by atoms with Gasteiger partial charge in [0.15, 0.2) is 0 Å². The molecule has 1 saturated heterocycles. The quantitative estimate of drug-likeness (QED) is 0.735. The lowest BCUT2D eigenvalue weighted by atomic mass is 9.96. The zero-order valence-corrected chi connectivity index (χ0v) is 15.9. The van der Waals surface area contributed by atoms with Gasteiger partial charge in [-0.05, 0) is 30.5 Å². The normalized spacial score (nSPS) is 14.4. The number of nitrogens with zero attached hydrogens (tertiary/aromatic N) is 1. The average molecular weight is 359 g/mol. The second-order valence-electron chi connectivity index (χ2n) is 7.78. The molecule has 26 heavy (non-hydrogen) atoms. The minimum atomic E-state index is -0.417. The monoisotopic (exact) mass is 359 g/mol. The predicted octanol–water partition coefficient (Wildman–Crippen LogP) is 2.69. The second kappa shape index (κ2) is 8.83. The fraction of sp³-hybridized carbons (Fsp3) is 0.550. The van der Waals surface area contributed by atoms with E-state index >= 15 is 0 Å². The summed E-state index contributed by atoms with van der Waals surface area (Å²) in [6.07, 6.45) is 2.48. The Morgan fingerprint density at radius 1 is 1.23 bits per heavy atom. The van der Waals surface area contributed by atoms with E-state index < -0.39 is 5.41 Å². The third-order valence-electron chi connectivity index (χ3n) is 4.30. The van der Waals surface area contributed by atoms with Crippen molar-refractivity contribution >= 4 is 23.4 Å². The molecule has 2 N–H and O–H groups in total. The van der Waals surface area contributed by atoms with Crippen molar-refractivity contribution in [3.63, 3.8) is 0 Å². The molecule has 0 bridgehead atoms. The number of carbonyl (C=O) groups excluding carboxylic acids is 3. The van der Waals surface area contributed by atoms with Crippen LogP contribution in [-0.2, 0) is 20.9 Å². The molecule has 0 spiro atoms. The highest BCUT2D eigenvalue weighted by Gasteiger charge is 2.21. The van der Waals surface area contributed by atoms with E-state index in [2.05, 4.69) is 10.6 Å². The standard InChI is InChI=1S/C20H29N3O3/c1-20(2,3)19(26)21-11-5-9-17(24)22-16-8-4-7-15(13-16)14-23-12-6-10-18(23)25/h4,7-8,13H,5-6,9-12,14H2,1-3H3,(H,21,26)(H,22,24). The Morgan fingerprint density at radius 2 is 2.00 bits per heavy atom. The van der Waals surface area contributed by atoms with E-state index in [1.54, 1.807) is 0 Å². The summed E-state index contributed by atoms with van der Waals surface area (Å²) in [7, 11) is 0. The van der Waals surface area contributed by atoms with Crippen molar-refractivity contribution in [3.05, 3.63) is 29.8 Å². The number of hydrogen-bond acceptors (Lipinski definition) is 3. The molecule has 0 unspecified atom stereocenters. The number of hydrogen-bond donors (Lipinski definition) is 2. The largest absolute Gasteiger partial charge is 0.356 e. The molecule has 0 aliphatic carbocycles. The summed E-state index contributed by atoms with van der Waals surface area (Å²) in [4.78, 5) is 37.4. The highest BCUT2D eigenvalue weighted by Crippen LogP contribution is 2.17. The van der Waals surface area contributed by atoms with Gasteiger partial charge in [0.2, 0.25) is 17.7 Å². The second-order valence-corrected chi connectivity index (χ2v) is 7.78. The molecule has 0 radical (unpaired) electrons. The van der Waals surface area contributed by atoms with Gasteiger partial charge in [-0.2, -0.15) is 0 Å². The van der Waals surface area contributed by atoms with Crippen LogP contribution in [0.1, 0.15) is 52.0 Å². The fourth-order valence-corrected chi connectivity index (χ4v) is 2.78. The van der Waals surface area contributed by atoms with Gasteiger partial charge in [-0.1, -0.05) is 32.9 Å². The summed E-state index contributed by atoms with van der Waals surface area (Å²) in [6.45, 7) is 7.45. The van der Waals surface area contributed by atoms with Gasteiger partial charge in [0.1, 0.15) is 0 Å². The van der Waals surface area contributed by atoms with Gasteiger partial charge in [-0.15, -0.1) is 0 Å².